The predicted molar refractivity (Wildman–Crippen MR) is 115 cm³/mol. The van der Waals surface area contributed by atoms with Crippen molar-refractivity contribution < 1.29 is 4.74 Å². The van der Waals surface area contributed by atoms with Crippen molar-refractivity contribution in [1.82, 2.24) is 4.57 Å². The van der Waals surface area contributed by atoms with Crippen molar-refractivity contribution in [1.29, 1.82) is 5.26 Å². The van der Waals surface area contributed by atoms with E-state index in [0.717, 1.165) is 22.7 Å². The number of fused-ring (bicyclic) bond motifs is 3. The second kappa shape index (κ2) is 6.56. The van der Waals surface area contributed by atoms with Crippen molar-refractivity contribution in [2.75, 3.05) is 7.11 Å². The molecule has 134 valence electrons. The van der Waals surface area contributed by atoms with Gasteiger partial charge in [0.2, 0.25) is 0 Å². The van der Waals surface area contributed by atoms with Gasteiger partial charge in [-0.3, -0.25) is 0 Å². The summed E-state index contributed by atoms with van der Waals surface area (Å²) in [6.07, 6.45) is 0. The first-order valence-corrected chi connectivity index (χ1v) is 9.78. The lowest BCUT2D eigenvalue weighted by molar-refractivity contribution is 0.415. The minimum atomic E-state index is 0.660. The Morgan fingerprint density at radius 2 is 1.64 bits per heavy atom. The molecule has 0 bridgehead atoms. The van der Waals surface area contributed by atoms with Crippen LogP contribution in [0, 0.1) is 11.3 Å². The first-order chi connectivity index (χ1) is 13.8. The van der Waals surface area contributed by atoms with Crippen LogP contribution < -0.4 is 4.74 Å². The van der Waals surface area contributed by atoms with Crippen molar-refractivity contribution in [2.24, 2.45) is 0 Å². The molecular formula is C24H16N2OS. The summed E-state index contributed by atoms with van der Waals surface area (Å²) in [6.45, 7) is 0. The Morgan fingerprint density at radius 1 is 0.893 bits per heavy atom. The van der Waals surface area contributed by atoms with Gasteiger partial charge in [0, 0.05) is 15.8 Å². The van der Waals surface area contributed by atoms with Gasteiger partial charge in [-0.15, -0.1) is 11.3 Å². The van der Waals surface area contributed by atoms with E-state index in [2.05, 4.69) is 53.1 Å². The highest BCUT2D eigenvalue weighted by Gasteiger charge is 2.17. The van der Waals surface area contributed by atoms with Crippen LogP contribution in [0.25, 0.3) is 37.2 Å². The number of rotatable bonds is 3. The van der Waals surface area contributed by atoms with E-state index in [9.17, 15) is 0 Å². The molecule has 0 aliphatic carbocycles. The van der Waals surface area contributed by atoms with Gasteiger partial charge in [0.25, 0.3) is 0 Å². The third-order valence-electron chi connectivity index (χ3n) is 4.97. The van der Waals surface area contributed by atoms with Crippen LogP contribution in [0.2, 0.25) is 0 Å². The van der Waals surface area contributed by atoms with Gasteiger partial charge in [-0.25, -0.2) is 0 Å². The Bertz CT molecular complexity index is 1340. The molecule has 5 aromatic rings. The lowest BCUT2D eigenvalue weighted by Gasteiger charge is -2.12. The number of hydrogen-bond donors (Lipinski definition) is 0. The summed E-state index contributed by atoms with van der Waals surface area (Å²) in [4.78, 5) is 0. The third-order valence-corrected chi connectivity index (χ3v) is 6.08. The Morgan fingerprint density at radius 3 is 2.36 bits per heavy atom. The number of ether oxygens (including phenoxy) is 1. The maximum atomic E-state index is 9.15. The second-order valence-electron chi connectivity index (χ2n) is 6.56. The Balaban J connectivity index is 1.82. The second-order valence-corrected chi connectivity index (χ2v) is 7.65. The summed E-state index contributed by atoms with van der Waals surface area (Å²) in [7, 11) is 1.68. The molecule has 4 heteroatoms. The average Bonchev–Trinajstić information content (AvgIpc) is 3.30. The molecule has 0 N–H and O–H groups in total. The van der Waals surface area contributed by atoms with Crippen molar-refractivity contribution in [2.45, 2.75) is 0 Å². The normalized spacial score (nSPS) is 11.0. The molecule has 0 unspecified atom stereocenters. The van der Waals surface area contributed by atoms with E-state index >= 15 is 0 Å². The summed E-state index contributed by atoms with van der Waals surface area (Å²) in [5.41, 5.74) is 5.16. The first kappa shape index (κ1) is 16.6. The number of nitriles is 1. The highest BCUT2D eigenvalue weighted by molar-refractivity contribution is 7.25. The predicted octanol–water partition coefficient (Wildman–Crippen LogP) is 6.39. The lowest BCUT2D eigenvalue weighted by atomic mass is 10.1. The van der Waals surface area contributed by atoms with Crippen molar-refractivity contribution in [3.05, 3.63) is 84.4 Å². The molecule has 0 amide bonds. The molecule has 5 rings (SSSR count). The lowest BCUT2D eigenvalue weighted by Crippen LogP contribution is -1.97. The van der Waals surface area contributed by atoms with Crippen molar-refractivity contribution in [3.8, 4) is 28.8 Å². The number of thiophene rings is 1. The molecule has 0 aliphatic rings. The van der Waals surface area contributed by atoms with E-state index in [1.165, 1.54) is 20.3 Å². The SMILES string of the molecule is COc1ccc(-c2cc3sc4ccccc4c3n2-c2ccc(C#N)cc2)cc1. The zero-order chi connectivity index (χ0) is 19.1. The van der Waals surface area contributed by atoms with Gasteiger partial charge in [0.1, 0.15) is 5.75 Å². The zero-order valence-corrected chi connectivity index (χ0v) is 16.0. The highest BCUT2D eigenvalue weighted by Crippen LogP contribution is 2.41. The zero-order valence-electron chi connectivity index (χ0n) is 15.2. The molecular weight excluding hydrogens is 364 g/mol. The number of nitrogens with zero attached hydrogens (tertiary/aromatic N) is 2. The molecule has 0 saturated carbocycles. The van der Waals surface area contributed by atoms with E-state index in [-0.39, 0.29) is 0 Å². The summed E-state index contributed by atoms with van der Waals surface area (Å²) in [5.74, 6) is 0.840. The number of aromatic nitrogens is 1. The summed E-state index contributed by atoms with van der Waals surface area (Å²) >= 11 is 1.80. The first-order valence-electron chi connectivity index (χ1n) is 8.96. The van der Waals surface area contributed by atoms with Crippen LogP contribution in [0.15, 0.2) is 78.9 Å². The molecule has 2 heterocycles. The van der Waals surface area contributed by atoms with Crippen LogP contribution in [-0.2, 0) is 0 Å². The van der Waals surface area contributed by atoms with E-state index in [0.29, 0.717) is 5.56 Å². The van der Waals surface area contributed by atoms with Gasteiger partial charge < -0.3 is 9.30 Å². The monoisotopic (exact) mass is 380 g/mol. The molecule has 3 nitrogen and oxygen atoms in total. The molecule has 0 radical (unpaired) electrons. The third kappa shape index (κ3) is 2.57. The Hall–Kier alpha value is -3.55. The van der Waals surface area contributed by atoms with Crippen LogP contribution in [0.5, 0.6) is 5.75 Å². The fourth-order valence-corrected chi connectivity index (χ4v) is 4.74. The maximum Gasteiger partial charge on any atom is 0.118 e. The standard InChI is InChI=1S/C24H16N2OS/c1-27-19-12-8-17(9-13-19)21-14-23-24(20-4-2-3-5-22(20)28-23)26(21)18-10-6-16(15-25)7-11-18/h2-14H,1H3. The maximum absolute atomic E-state index is 9.15. The highest BCUT2D eigenvalue weighted by atomic mass is 32.1. The topological polar surface area (TPSA) is 38.0 Å². The van der Waals surface area contributed by atoms with Gasteiger partial charge in [-0.05, 0) is 66.2 Å². The molecule has 28 heavy (non-hydrogen) atoms. The molecule has 2 aromatic heterocycles. The van der Waals surface area contributed by atoms with Gasteiger partial charge in [-0.1, -0.05) is 18.2 Å². The Kier molecular flexibility index (Phi) is 3.89. The van der Waals surface area contributed by atoms with E-state index in [1.807, 2.05) is 36.4 Å². The number of methoxy groups -OCH3 is 1. The van der Waals surface area contributed by atoms with Crippen molar-refractivity contribution >= 4 is 31.6 Å². The van der Waals surface area contributed by atoms with Crippen molar-refractivity contribution in [3.63, 3.8) is 0 Å². The van der Waals surface area contributed by atoms with E-state index < -0.39 is 0 Å². The molecule has 0 saturated heterocycles. The fraction of sp³-hybridized carbons (Fsp3) is 0.0417. The smallest absolute Gasteiger partial charge is 0.118 e. The molecule has 0 spiro atoms. The fourth-order valence-electron chi connectivity index (χ4n) is 3.62. The van der Waals surface area contributed by atoms with E-state index in [1.54, 1.807) is 18.4 Å². The van der Waals surface area contributed by atoms with Crippen LogP contribution in [0.3, 0.4) is 0 Å². The van der Waals surface area contributed by atoms with Crippen LogP contribution in [0.1, 0.15) is 5.56 Å². The summed E-state index contributed by atoms with van der Waals surface area (Å²) < 4.78 is 10.1. The minimum Gasteiger partial charge on any atom is -0.497 e. The van der Waals surface area contributed by atoms with Crippen LogP contribution >= 0.6 is 11.3 Å². The van der Waals surface area contributed by atoms with Gasteiger partial charge in [-0.2, -0.15) is 5.26 Å². The van der Waals surface area contributed by atoms with Gasteiger partial charge >= 0.3 is 0 Å². The number of hydrogen-bond acceptors (Lipinski definition) is 3. The van der Waals surface area contributed by atoms with Crippen LogP contribution in [0.4, 0.5) is 0 Å². The molecule has 0 fully saturated rings. The Labute approximate surface area is 166 Å². The molecule has 3 aromatic carbocycles. The molecule has 0 atom stereocenters. The van der Waals surface area contributed by atoms with Crippen LogP contribution in [-0.4, -0.2) is 11.7 Å². The average molecular weight is 380 g/mol. The van der Waals surface area contributed by atoms with E-state index in [4.69, 9.17) is 10.00 Å². The van der Waals surface area contributed by atoms with Gasteiger partial charge in [0.15, 0.2) is 0 Å². The minimum absolute atomic E-state index is 0.660. The van der Waals surface area contributed by atoms with Gasteiger partial charge in [0.05, 0.1) is 34.7 Å². The number of benzene rings is 3. The largest absolute Gasteiger partial charge is 0.497 e. The quantitative estimate of drug-likeness (QED) is 0.363. The molecule has 0 aliphatic heterocycles. The summed E-state index contributed by atoms with van der Waals surface area (Å²) in [5, 5.41) is 10.4. The summed E-state index contributed by atoms with van der Waals surface area (Å²) in [6, 6.07) is 28.8.